The summed E-state index contributed by atoms with van der Waals surface area (Å²) in [4.78, 5) is 0. The molecule has 0 bridgehead atoms. The molecule has 1 aromatic rings. The average Bonchev–Trinajstić information content (AvgIpc) is 1.77. The summed E-state index contributed by atoms with van der Waals surface area (Å²) in [6, 6.07) is 7.49. The van der Waals surface area contributed by atoms with Gasteiger partial charge in [-0.3, -0.25) is 0 Å². The molecule has 0 unspecified atom stereocenters. The van der Waals surface area contributed by atoms with E-state index in [1.165, 1.54) is 0 Å². The van der Waals surface area contributed by atoms with Gasteiger partial charge in [-0.25, -0.2) is 0 Å². The van der Waals surface area contributed by atoms with Crippen molar-refractivity contribution in [2.75, 3.05) is 0 Å². The predicted molar refractivity (Wildman–Crippen MR) is 44.2 cm³/mol. The molecule has 0 saturated carbocycles. The number of hydrogen-bond donors (Lipinski definition) is 1. The maximum atomic E-state index is 5.59. The Morgan fingerprint density at radius 3 is 1.89 bits per heavy atom. The summed E-state index contributed by atoms with van der Waals surface area (Å²) in [5, 5.41) is 0.771. The van der Waals surface area contributed by atoms with Gasteiger partial charge in [0.1, 0.15) is 0 Å². The summed E-state index contributed by atoms with van der Waals surface area (Å²) in [6.45, 7) is 0. The van der Waals surface area contributed by atoms with Gasteiger partial charge in [0.25, 0.3) is 0 Å². The zero-order valence-electron chi connectivity index (χ0n) is 4.77. The highest BCUT2D eigenvalue weighted by molar-refractivity contribution is 9.10. The van der Waals surface area contributed by atoms with Crippen LogP contribution in [-0.4, -0.2) is 0 Å². The third-order valence-corrected chi connectivity index (χ3v) is 1.58. The number of rotatable bonds is 0. The summed E-state index contributed by atoms with van der Waals surface area (Å²) in [6.07, 6.45) is 0. The second kappa shape index (κ2) is 3.88. The molecule has 0 saturated heterocycles. The fourth-order valence-electron chi connectivity index (χ4n) is 0.430. The van der Waals surface area contributed by atoms with Gasteiger partial charge in [0.15, 0.2) is 0 Å². The van der Waals surface area contributed by atoms with Crippen molar-refractivity contribution in [2.24, 2.45) is 0 Å². The van der Waals surface area contributed by atoms with E-state index in [1.807, 2.05) is 24.3 Å². The number of benzene rings is 1. The highest BCUT2D eigenvalue weighted by atomic mass is 79.9. The summed E-state index contributed by atoms with van der Waals surface area (Å²) in [5.41, 5.74) is 0. The lowest BCUT2D eigenvalue weighted by Gasteiger charge is -1.86. The predicted octanol–water partition coefficient (Wildman–Crippen LogP) is 3.26. The van der Waals surface area contributed by atoms with Gasteiger partial charge in [0.2, 0.25) is 0 Å². The SMILES string of the molecule is Clc1ccc(Br)cc1.N. The van der Waals surface area contributed by atoms with Gasteiger partial charge in [-0.15, -0.1) is 0 Å². The van der Waals surface area contributed by atoms with E-state index < -0.39 is 0 Å². The van der Waals surface area contributed by atoms with E-state index in [1.54, 1.807) is 0 Å². The molecule has 0 aromatic heterocycles. The first kappa shape index (κ1) is 8.95. The normalized spacial score (nSPS) is 8.22. The Morgan fingerprint density at radius 1 is 1.11 bits per heavy atom. The van der Waals surface area contributed by atoms with Crippen molar-refractivity contribution in [3.63, 3.8) is 0 Å². The molecule has 3 heteroatoms. The van der Waals surface area contributed by atoms with Gasteiger partial charge in [-0.2, -0.15) is 0 Å². The van der Waals surface area contributed by atoms with Crippen molar-refractivity contribution in [2.45, 2.75) is 0 Å². The molecule has 50 valence electrons. The zero-order valence-corrected chi connectivity index (χ0v) is 7.11. The van der Waals surface area contributed by atoms with E-state index in [0.717, 1.165) is 9.50 Å². The molecule has 0 spiro atoms. The number of hydrogen-bond acceptors (Lipinski definition) is 1. The molecule has 0 radical (unpaired) electrons. The standard InChI is InChI=1S/C6H4BrCl.H3N/c7-5-1-3-6(8)4-2-5;/h1-4H;1H3. The van der Waals surface area contributed by atoms with E-state index in [-0.39, 0.29) is 6.15 Å². The first-order chi connectivity index (χ1) is 3.79. The molecule has 0 aliphatic heterocycles. The zero-order chi connectivity index (χ0) is 5.98. The lowest BCUT2D eigenvalue weighted by molar-refractivity contribution is 1.65. The van der Waals surface area contributed by atoms with Crippen LogP contribution < -0.4 is 6.15 Å². The van der Waals surface area contributed by atoms with E-state index in [0.29, 0.717) is 0 Å². The van der Waals surface area contributed by atoms with E-state index in [9.17, 15) is 0 Å². The molecule has 0 heterocycles. The lowest BCUT2D eigenvalue weighted by Crippen LogP contribution is -1.61. The molecule has 0 fully saturated rings. The van der Waals surface area contributed by atoms with Gasteiger partial charge in [-0.1, -0.05) is 27.5 Å². The maximum Gasteiger partial charge on any atom is 0.0406 e. The molecule has 3 N–H and O–H groups in total. The van der Waals surface area contributed by atoms with Crippen LogP contribution in [0, 0.1) is 0 Å². The van der Waals surface area contributed by atoms with Gasteiger partial charge in [0, 0.05) is 9.50 Å². The topological polar surface area (TPSA) is 35.0 Å². The minimum Gasteiger partial charge on any atom is -0.344 e. The third-order valence-electron chi connectivity index (χ3n) is 0.804. The van der Waals surface area contributed by atoms with Crippen molar-refractivity contribution in [3.05, 3.63) is 33.8 Å². The summed E-state index contributed by atoms with van der Waals surface area (Å²) in [7, 11) is 0. The lowest BCUT2D eigenvalue weighted by atomic mass is 10.4. The van der Waals surface area contributed by atoms with Gasteiger partial charge >= 0.3 is 0 Å². The fourth-order valence-corrected chi connectivity index (χ4v) is 0.820. The van der Waals surface area contributed by atoms with Gasteiger partial charge in [-0.05, 0) is 24.3 Å². The van der Waals surface area contributed by atoms with E-state index in [4.69, 9.17) is 11.6 Å². The molecule has 1 nitrogen and oxygen atoms in total. The van der Waals surface area contributed by atoms with Crippen LogP contribution in [0.15, 0.2) is 28.7 Å². The summed E-state index contributed by atoms with van der Waals surface area (Å²) >= 11 is 8.88. The minimum atomic E-state index is 0. The van der Waals surface area contributed by atoms with Crippen LogP contribution in [0.5, 0.6) is 0 Å². The maximum absolute atomic E-state index is 5.59. The Balaban J connectivity index is 0.000000640. The second-order valence-electron chi connectivity index (χ2n) is 1.44. The molecule has 0 atom stereocenters. The van der Waals surface area contributed by atoms with Crippen LogP contribution in [0.3, 0.4) is 0 Å². The largest absolute Gasteiger partial charge is 0.344 e. The summed E-state index contributed by atoms with van der Waals surface area (Å²) < 4.78 is 1.06. The quantitative estimate of drug-likeness (QED) is 0.698. The first-order valence-corrected chi connectivity index (χ1v) is 3.37. The van der Waals surface area contributed by atoms with Crippen LogP contribution in [0.4, 0.5) is 0 Å². The van der Waals surface area contributed by atoms with Crippen molar-refractivity contribution in [1.82, 2.24) is 6.15 Å². The Morgan fingerprint density at radius 2 is 1.56 bits per heavy atom. The van der Waals surface area contributed by atoms with Crippen LogP contribution in [0.2, 0.25) is 5.02 Å². The molecule has 0 aliphatic rings. The average molecular weight is 208 g/mol. The third kappa shape index (κ3) is 2.84. The Labute approximate surface area is 67.7 Å². The van der Waals surface area contributed by atoms with Gasteiger partial charge < -0.3 is 6.15 Å². The van der Waals surface area contributed by atoms with Crippen molar-refractivity contribution in [1.29, 1.82) is 0 Å². The molecular formula is C6H7BrClN. The number of halogens is 2. The Bertz CT molecular complexity index is 152. The van der Waals surface area contributed by atoms with Crippen molar-refractivity contribution in [3.8, 4) is 0 Å². The summed E-state index contributed by atoms with van der Waals surface area (Å²) in [5.74, 6) is 0. The fraction of sp³-hybridized carbons (Fsp3) is 0. The Kier molecular flexibility index (Phi) is 3.86. The van der Waals surface area contributed by atoms with Crippen LogP contribution in [0.25, 0.3) is 0 Å². The van der Waals surface area contributed by atoms with Crippen LogP contribution in [-0.2, 0) is 0 Å². The van der Waals surface area contributed by atoms with Crippen molar-refractivity contribution < 1.29 is 0 Å². The monoisotopic (exact) mass is 207 g/mol. The minimum absolute atomic E-state index is 0. The molecule has 1 aromatic carbocycles. The molecule has 0 amide bonds. The Hall–Kier alpha value is -0.0500. The van der Waals surface area contributed by atoms with Gasteiger partial charge in [0.05, 0.1) is 0 Å². The van der Waals surface area contributed by atoms with Crippen molar-refractivity contribution >= 4 is 27.5 Å². The van der Waals surface area contributed by atoms with Crippen LogP contribution >= 0.6 is 27.5 Å². The molecule has 1 rings (SSSR count). The first-order valence-electron chi connectivity index (χ1n) is 2.20. The smallest absolute Gasteiger partial charge is 0.0406 e. The highest BCUT2D eigenvalue weighted by Gasteiger charge is 1.83. The molecule has 0 aliphatic carbocycles. The van der Waals surface area contributed by atoms with Crippen LogP contribution in [0.1, 0.15) is 0 Å². The molecule has 9 heavy (non-hydrogen) atoms. The van der Waals surface area contributed by atoms with E-state index in [2.05, 4.69) is 15.9 Å². The molecular weight excluding hydrogens is 201 g/mol. The highest BCUT2D eigenvalue weighted by Crippen LogP contribution is 2.13. The van der Waals surface area contributed by atoms with E-state index >= 15 is 0 Å². The second-order valence-corrected chi connectivity index (χ2v) is 2.79.